The molecule has 1 aliphatic carbocycles. The molecule has 22 heavy (non-hydrogen) atoms. The van der Waals surface area contributed by atoms with Crippen LogP contribution in [-0.2, 0) is 14.3 Å². The molecule has 0 saturated heterocycles. The number of carbonyl (C=O) groups is 2. The van der Waals surface area contributed by atoms with Gasteiger partial charge in [-0.2, -0.15) is 0 Å². The van der Waals surface area contributed by atoms with Gasteiger partial charge < -0.3 is 9.46 Å². The van der Waals surface area contributed by atoms with Gasteiger partial charge in [0.2, 0.25) is 0 Å². The zero-order valence-electron chi connectivity index (χ0n) is 11.9. The molecule has 118 valence electrons. The first-order valence-corrected chi connectivity index (χ1v) is 8.05. The van der Waals surface area contributed by atoms with Crippen molar-refractivity contribution >= 4 is 41.0 Å². The van der Waals surface area contributed by atoms with Gasteiger partial charge in [0, 0.05) is 6.42 Å². The van der Waals surface area contributed by atoms with E-state index in [4.69, 9.17) is 16.3 Å². The van der Waals surface area contributed by atoms with Crippen molar-refractivity contribution in [3.63, 3.8) is 0 Å². The van der Waals surface area contributed by atoms with Crippen molar-refractivity contribution in [3.8, 4) is 0 Å². The molecule has 0 amide bonds. The molecule has 1 aromatic carbocycles. The Morgan fingerprint density at radius 3 is 3.00 bits per heavy atom. The number of ether oxygens (including phenoxy) is 1. The van der Waals surface area contributed by atoms with Crippen LogP contribution in [0, 0.1) is 5.82 Å². The molecule has 1 unspecified atom stereocenters. The summed E-state index contributed by atoms with van der Waals surface area (Å²) in [6.45, 7) is 1.96. The maximum atomic E-state index is 13.0. The number of nitrogens with one attached hydrogen (secondary N) is 1. The number of allylic oxidation sites excluding steroid dienone is 1. The Bertz CT molecular complexity index is 621. The second kappa shape index (κ2) is 7.65. The lowest BCUT2D eigenvalue weighted by atomic mass is 9.98. The van der Waals surface area contributed by atoms with E-state index in [9.17, 15) is 14.0 Å². The Hall–Kier alpha value is -1.53. The molecule has 1 aliphatic rings. The summed E-state index contributed by atoms with van der Waals surface area (Å²) < 4.78 is 21.0. The number of hydrogen-bond donors (Lipinski definition) is 1. The van der Waals surface area contributed by atoms with Crippen LogP contribution >= 0.6 is 23.5 Å². The molecule has 2 rings (SSSR count). The normalized spacial score (nSPS) is 17.9. The van der Waals surface area contributed by atoms with E-state index in [2.05, 4.69) is 4.72 Å². The van der Waals surface area contributed by atoms with Crippen molar-refractivity contribution in [2.24, 2.45) is 0 Å². The van der Waals surface area contributed by atoms with Gasteiger partial charge in [0.1, 0.15) is 5.82 Å². The summed E-state index contributed by atoms with van der Waals surface area (Å²) >= 11 is 7.20. The standard InChI is InChI=1S/C15H15ClFNO3S/c1-2-21-15(20)11-8-10(19)4-6-14(11)22-18-13-5-3-9(17)7-12(13)16/h3,5,7-8,14,18H,2,4,6H2,1H3. The molecule has 1 aromatic rings. The molecule has 0 saturated carbocycles. The summed E-state index contributed by atoms with van der Waals surface area (Å²) in [6, 6.07) is 4.02. The summed E-state index contributed by atoms with van der Waals surface area (Å²) in [5.41, 5.74) is 0.891. The first-order valence-electron chi connectivity index (χ1n) is 6.79. The molecule has 0 aliphatic heterocycles. The van der Waals surface area contributed by atoms with Gasteiger partial charge >= 0.3 is 5.97 Å². The maximum Gasteiger partial charge on any atom is 0.335 e. The fourth-order valence-corrected chi connectivity index (χ4v) is 3.25. The molecule has 1 N–H and O–H groups in total. The van der Waals surface area contributed by atoms with Crippen LogP contribution < -0.4 is 4.72 Å². The van der Waals surface area contributed by atoms with E-state index in [0.29, 0.717) is 24.1 Å². The van der Waals surface area contributed by atoms with E-state index >= 15 is 0 Å². The summed E-state index contributed by atoms with van der Waals surface area (Å²) in [5, 5.41) is 0.0268. The topological polar surface area (TPSA) is 55.4 Å². The fourth-order valence-electron chi connectivity index (χ4n) is 2.00. The molecular formula is C15H15ClFNO3S. The van der Waals surface area contributed by atoms with E-state index < -0.39 is 11.8 Å². The average molecular weight is 344 g/mol. The van der Waals surface area contributed by atoms with Crippen molar-refractivity contribution in [1.82, 2.24) is 0 Å². The van der Waals surface area contributed by atoms with Crippen LogP contribution in [0.5, 0.6) is 0 Å². The fraction of sp³-hybridized carbons (Fsp3) is 0.333. The lowest BCUT2D eigenvalue weighted by molar-refractivity contribution is -0.139. The van der Waals surface area contributed by atoms with Gasteiger partial charge in [0.25, 0.3) is 0 Å². The van der Waals surface area contributed by atoms with E-state index in [1.54, 1.807) is 6.92 Å². The monoisotopic (exact) mass is 343 g/mol. The highest BCUT2D eigenvalue weighted by Gasteiger charge is 2.28. The highest BCUT2D eigenvalue weighted by Crippen LogP contribution is 2.32. The smallest absolute Gasteiger partial charge is 0.335 e. The lowest BCUT2D eigenvalue weighted by Crippen LogP contribution is -2.24. The number of halogens is 2. The van der Waals surface area contributed by atoms with Crippen LogP contribution in [0.1, 0.15) is 19.8 Å². The second-order valence-corrected chi connectivity index (χ2v) is 6.07. The molecular weight excluding hydrogens is 329 g/mol. The Balaban J connectivity index is 2.08. The van der Waals surface area contributed by atoms with E-state index in [0.717, 1.165) is 0 Å². The van der Waals surface area contributed by atoms with Crippen molar-refractivity contribution in [3.05, 3.63) is 40.7 Å². The summed E-state index contributed by atoms with van der Waals surface area (Å²) in [5.74, 6) is -0.990. The van der Waals surface area contributed by atoms with Crippen LogP contribution in [0.4, 0.5) is 10.1 Å². The third-order valence-electron chi connectivity index (χ3n) is 3.07. The van der Waals surface area contributed by atoms with Gasteiger partial charge in [-0.05, 0) is 49.6 Å². The molecule has 0 bridgehead atoms. The van der Waals surface area contributed by atoms with Crippen LogP contribution in [0.2, 0.25) is 5.02 Å². The third-order valence-corrected chi connectivity index (χ3v) is 4.49. The van der Waals surface area contributed by atoms with Gasteiger partial charge in [-0.3, -0.25) is 4.79 Å². The molecule has 0 heterocycles. The van der Waals surface area contributed by atoms with Gasteiger partial charge in [-0.25, -0.2) is 9.18 Å². The number of esters is 1. The van der Waals surface area contributed by atoms with Crippen molar-refractivity contribution in [2.75, 3.05) is 11.3 Å². The number of hydrogen-bond acceptors (Lipinski definition) is 5. The Kier molecular flexibility index (Phi) is 5.85. The Morgan fingerprint density at radius 2 is 2.32 bits per heavy atom. The molecule has 0 aromatic heterocycles. The predicted molar refractivity (Wildman–Crippen MR) is 85.4 cm³/mol. The Labute approximate surface area is 137 Å². The van der Waals surface area contributed by atoms with Gasteiger partial charge in [-0.1, -0.05) is 11.6 Å². The largest absolute Gasteiger partial charge is 0.463 e. The number of carbonyl (C=O) groups excluding carboxylic acids is 2. The minimum absolute atomic E-state index is 0.0836. The third kappa shape index (κ3) is 4.24. The second-order valence-electron chi connectivity index (χ2n) is 4.66. The minimum Gasteiger partial charge on any atom is -0.463 e. The number of rotatable bonds is 5. The average Bonchev–Trinajstić information content (AvgIpc) is 2.47. The molecule has 0 radical (unpaired) electrons. The van der Waals surface area contributed by atoms with Gasteiger partial charge in [0.15, 0.2) is 5.78 Å². The zero-order chi connectivity index (χ0) is 16.1. The molecule has 0 spiro atoms. The number of anilines is 1. The van der Waals surface area contributed by atoms with Crippen LogP contribution in [0.15, 0.2) is 29.8 Å². The Morgan fingerprint density at radius 1 is 1.55 bits per heavy atom. The minimum atomic E-state index is -0.486. The van der Waals surface area contributed by atoms with E-state index in [-0.39, 0.29) is 22.7 Å². The first kappa shape index (κ1) is 16.8. The van der Waals surface area contributed by atoms with E-state index in [1.165, 1.54) is 36.2 Å². The summed E-state index contributed by atoms with van der Waals surface area (Å²) in [7, 11) is 0. The molecule has 0 fully saturated rings. The SMILES string of the molecule is CCOC(=O)C1=CC(=O)CCC1SNc1ccc(F)cc1Cl. The molecule has 4 nitrogen and oxygen atoms in total. The van der Waals surface area contributed by atoms with Crippen molar-refractivity contribution in [1.29, 1.82) is 0 Å². The number of benzene rings is 1. The van der Waals surface area contributed by atoms with Crippen molar-refractivity contribution in [2.45, 2.75) is 25.0 Å². The molecule has 1 atom stereocenters. The zero-order valence-corrected chi connectivity index (χ0v) is 13.5. The van der Waals surface area contributed by atoms with Crippen LogP contribution in [-0.4, -0.2) is 23.6 Å². The molecule has 7 heteroatoms. The highest BCUT2D eigenvalue weighted by atomic mass is 35.5. The van der Waals surface area contributed by atoms with Gasteiger partial charge in [-0.15, -0.1) is 0 Å². The lowest BCUT2D eigenvalue weighted by Gasteiger charge is -2.22. The quantitative estimate of drug-likeness (QED) is 0.651. The van der Waals surface area contributed by atoms with Crippen molar-refractivity contribution < 1.29 is 18.7 Å². The summed E-state index contributed by atoms with van der Waals surface area (Å²) in [4.78, 5) is 23.4. The number of ketones is 1. The highest BCUT2D eigenvalue weighted by molar-refractivity contribution is 8.01. The summed E-state index contributed by atoms with van der Waals surface area (Å²) in [6.07, 6.45) is 2.24. The first-order chi connectivity index (χ1) is 10.5. The maximum absolute atomic E-state index is 13.0. The predicted octanol–water partition coefficient (Wildman–Crippen LogP) is 3.76. The van der Waals surface area contributed by atoms with Gasteiger partial charge in [0.05, 0.1) is 28.1 Å². The van der Waals surface area contributed by atoms with E-state index in [1.807, 2.05) is 0 Å². The van der Waals surface area contributed by atoms with Crippen LogP contribution in [0.25, 0.3) is 0 Å². The van der Waals surface area contributed by atoms with Crippen LogP contribution in [0.3, 0.4) is 0 Å².